The van der Waals surface area contributed by atoms with Gasteiger partial charge in [0.15, 0.2) is 5.69 Å². The van der Waals surface area contributed by atoms with Gasteiger partial charge in [0.05, 0.1) is 15.5 Å². The van der Waals surface area contributed by atoms with E-state index >= 15 is 0 Å². The molecule has 31 heavy (non-hydrogen) atoms. The van der Waals surface area contributed by atoms with E-state index in [9.17, 15) is 28.6 Å². The number of aldehydes is 1. The van der Waals surface area contributed by atoms with Crippen LogP contribution in [0, 0.1) is 16.7 Å². The molecule has 0 bridgehead atoms. The molecule has 2 atom stereocenters. The summed E-state index contributed by atoms with van der Waals surface area (Å²) >= 11 is 17.0. The van der Waals surface area contributed by atoms with Crippen LogP contribution in [0.5, 0.6) is 0 Å². The minimum atomic E-state index is -9.93. The third-order valence-electron chi connectivity index (χ3n) is 3.87. The molecule has 1 aliphatic rings. The number of carbonyl (C=O) groups excluding carboxylic acids is 1. The van der Waals surface area contributed by atoms with E-state index in [1.54, 1.807) is 13.0 Å². The SMILES string of the molecule is CC1(C=O)CC1F.CN.N#Cc1cc(Cl)n(-c2c(Cl)cc(S(F)(F)(F)(F)F)cc2Cl)n1. The zero-order chi connectivity index (χ0) is 24.5. The van der Waals surface area contributed by atoms with Gasteiger partial charge < -0.3 is 10.5 Å². The van der Waals surface area contributed by atoms with Crippen LogP contribution in [0.15, 0.2) is 23.1 Å². The summed E-state index contributed by atoms with van der Waals surface area (Å²) < 4.78 is 76.6. The minimum Gasteiger partial charge on any atom is -0.333 e. The fourth-order valence-corrected chi connectivity index (χ4v) is 3.67. The van der Waals surface area contributed by atoms with Gasteiger partial charge in [0.25, 0.3) is 0 Å². The number of alkyl halides is 1. The van der Waals surface area contributed by atoms with Crippen LogP contribution >= 0.6 is 45.0 Å². The van der Waals surface area contributed by atoms with Crippen molar-refractivity contribution in [3.63, 3.8) is 0 Å². The second-order valence-corrected chi connectivity index (χ2v) is 9.99. The Kier molecular flexibility index (Phi) is 7.39. The number of halogens is 9. The van der Waals surface area contributed by atoms with Crippen molar-refractivity contribution >= 4 is 51.3 Å². The molecule has 0 saturated heterocycles. The summed E-state index contributed by atoms with van der Waals surface area (Å²) in [6.07, 6.45) is 0.263. The van der Waals surface area contributed by atoms with Gasteiger partial charge >= 0.3 is 10.2 Å². The van der Waals surface area contributed by atoms with E-state index < -0.39 is 36.8 Å². The van der Waals surface area contributed by atoms with Gasteiger partial charge in [-0.3, -0.25) is 0 Å². The van der Waals surface area contributed by atoms with Crippen LogP contribution < -0.4 is 5.73 Å². The molecular formula is C16H15Cl3F6N4OS. The summed E-state index contributed by atoms with van der Waals surface area (Å²) in [4.78, 5) is 7.63. The molecule has 0 aliphatic heterocycles. The second kappa shape index (κ2) is 8.37. The van der Waals surface area contributed by atoms with E-state index in [0.717, 1.165) is 10.7 Å². The Bertz CT molecular complexity index is 1020. The molecule has 1 heterocycles. The van der Waals surface area contributed by atoms with Crippen LogP contribution in [-0.4, -0.2) is 29.3 Å². The maximum absolute atomic E-state index is 12.8. The van der Waals surface area contributed by atoms with Crippen molar-refractivity contribution in [2.24, 2.45) is 11.1 Å². The van der Waals surface area contributed by atoms with Gasteiger partial charge in [0.2, 0.25) is 0 Å². The van der Waals surface area contributed by atoms with Gasteiger partial charge in [0.1, 0.15) is 34.3 Å². The summed E-state index contributed by atoms with van der Waals surface area (Å²) in [5.74, 6) is 0. The van der Waals surface area contributed by atoms with Crippen LogP contribution in [0.2, 0.25) is 15.2 Å². The molecule has 1 saturated carbocycles. The first-order valence-corrected chi connectivity index (χ1v) is 11.1. The molecule has 0 amide bonds. The summed E-state index contributed by atoms with van der Waals surface area (Å²) in [5.41, 5.74) is 3.40. The van der Waals surface area contributed by atoms with E-state index in [1.165, 1.54) is 7.05 Å². The van der Waals surface area contributed by atoms with Crippen LogP contribution in [0.25, 0.3) is 5.69 Å². The van der Waals surface area contributed by atoms with E-state index in [1.807, 2.05) is 0 Å². The number of hydrogen-bond acceptors (Lipinski definition) is 4. The van der Waals surface area contributed by atoms with Crippen molar-refractivity contribution in [2.75, 3.05) is 7.05 Å². The summed E-state index contributed by atoms with van der Waals surface area (Å²) in [6.45, 7) is 1.63. The topological polar surface area (TPSA) is 84.7 Å². The third-order valence-corrected chi connectivity index (χ3v) is 5.84. The van der Waals surface area contributed by atoms with Gasteiger partial charge in [-0.05, 0) is 25.6 Å². The summed E-state index contributed by atoms with van der Waals surface area (Å²) in [5, 5.41) is 10.7. The Labute approximate surface area is 188 Å². The van der Waals surface area contributed by atoms with Crippen molar-refractivity contribution < 1.29 is 28.6 Å². The fourth-order valence-electron chi connectivity index (χ4n) is 1.99. The molecule has 0 spiro atoms. The first-order chi connectivity index (χ1) is 13.9. The Morgan fingerprint density at radius 1 is 1.19 bits per heavy atom. The number of hydrogen-bond donors (Lipinski definition) is 1. The predicted octanol–water partition coefficient (Wildman–Crippen LogP) is 6.87. The number of nitrogens with zero attached hydrogens (tertiary/aromatic N) is 3. The van der Waals surface area contributed by atoms with Crippen molar-refractivity contribution in [3.8, 4) is 11.8 Å². The highest BCUT2D eigenvalue weighted by molar-refractivity contribution is 8.45. The molecule has 15 heteroatoms. The van der Waals surface area contributed by atoms with Crippen molar-refractivity contribution in [3.05, 3.63) is 39.1 Å². The first-order valence-electron chi connectivity index (χ1n) is 7.99. The van der Waals surface area contributed by atoms with Crippen molar-refractivity contribution in [1.82, 2.24) is 9.78 Å². The number of nitriles is 1. The molecule has 1 aliphatic carbocycles. The Hall–Kier alpha value is -1.65. The first kappa shape index (κ1) is 27.4. The van der Waals surface area contributed by atoms with Crippen LogP contribution in [-0.2, 0) is 4.79 Å². The normalized spacial score (nSPS) is 21.8. The highest BCUT2D eigenvalue weighted by atomic mass is 35.5. The minimum absolute atomic E-state index is 0.0361. The van der Waals surface area contributed by atoms with Gasteiger partial charge in [-0.25, -0.2) is 9.07 Å². The quantitative estimate of drug-likeness (QED) is 0.346. The average Bonchev–Trinajstić information content (AvgIpc) is 3.08. The summed E-state index contributed by atoms with van der Waals surface area (Å²) in [6, 6.07) is 2.82. The molecule has 3 rings (SSSR count). The van der Waals surface area contributed by atoms with E-state index in [4.69, 9.17) is 40.1 Å². The number of benzene rings is 1. The lowest BCUT2D eigenvalue weighted by atomic mass is 10.2. The van der Waals surface area contributed by atoms with Crippen LogP contribution in [0.1, 0.15) is 19.0 Å². The predicted molar refractivity (Wildman–Crippen MR) is 109 cm³/mol. The van der Waals surface area contributed by atoms with Crippen LogP contribution in [0.3, 0.4) is 0 Å². The number of nitrogens with two attached hydrogens (primary N) is 1. The largest absolute Gasteiger partial charge is 0.333 e. The van der Waals surface area contributed by atoms with Crippen LogP contribution in [0.4, 0.5) is 23.8 Å². The lowest BCUT2D eigenvalue weighted by Crippen LogP contribution is -2.08. The molecule has 0 radical (unpaired) electrons. The second-order valence-electron chi connectivity index (χ2n) is 6.38. The zero-order valence-corrected chi connectivity index (χ0v) is 18.8. The molecule has 2 unspecified atom stereocenters. The molecule has 1 aromatic carbocycles. The lowest BCUT2D eigenvalue weighted by molar-refractivity contribution is -0.112. The molecular weight excluding hydrogens is 517 g/mol. The zero-order valence-electron chi connectivity index (χ0n) is 15.7. The van der Waals surface area contributed by atoms with Gasteiger partial charge in [-0.15, -0.1) is 0 Å². The molecule has 2 N–H and O–H groups in total. The Morgan fingerprint density at radius 3 is 1.90 bits per heavy atom. The molecule has 1 fully saturated rings. The van der Waals surface area contributed by atoms with Crippen molar-refractivity contribution in [1.29, 1.82) is 5.26 Å². The Balaban J connectivity index is 0.000000447. The van der Waals surface area contributed by atoms with E-state index in [2.05, 4.69) is 10.8 Å². The highest BCUT2D eigenvalue weighted by Gasteiger charge is 2.65. The van der Waals surface area contributed by atoms with Gasteiger partial charge in [0, 0.05) is 6.07 Å². The lowest BCUT2D eigenvalue weighted by Gasteiger charge is -2.40. The van der Waals surface area contributed by atoms with Gasteiger partial charge in [-0.2, -0.15) is 10.4 Å². The highest BCUT2D eigenvalue weighted by Crippen LogP contribution is 3.02. The van der Waals surface area contributed by atoms with Gasteiger partial charge in [-0.1, -0.05) is 61.2 Å². The third kappa shape index (κ3) is 6.66. The van der Waals surface area contributed by atoms with Crippen molar-refractivity contribution in [2.45, 2.75) is 24.4 Å². The smallest absolute Gasteiger partial charge is 0.310 e. The average molecular weight is 532 g/mol. The molecule has 1 aromatic heterocycles. The van der Waals surface area contributed by atoms with E-state index in [-0.39, 0.29) is 28.7 Å². The monoisotopic (exact) mass is 530 g/mol. The molecule has 174 valence electrons. The maximum Gasteiger partial charge on any atom is 0.310 e. The van der Waals surface area contributed by atoms with E-state index in [0.29, 0.717) is 12.7 Å². The fraction of sp³-hybridized carbons (Fsp3) is 0.312. The standard InChI is InChI=1S/C10H3Cl3F5N3S.C5H7FO.CH5N/c11-7-2-6(22(14,15,16,17)18)3-8(12)10(7)21-9(13)1-5(4-19)20-21;1-5(3-7)2-4(5)6;1-2/h1-3H;3-4H,2H2,1H3;2H2,1H3. The maximum atomic E-state index is 12.8. The number of rotatable bonds is 3. The molecule has 5 nitrogen and oxygen atoms in total. The number of aromatic nitrogens is 2. The summed E-state index contributed by atoms with van der Waals surface area (Å²) in [7, 11) is -8.43. The number of carbonyl (C=O) groups is 1. The molecule has 2 aromatic rings. The Morgan fingerprint density at radius 2 is 1.65 bits per heavy atom.